The molecule has 226 valence electrons. The minimum absolute atomic E-state index is 0.0401. The number of nitrogens with one attached hydrogen (secondary N) is 2. The molecule has 11 heteroatoms. The molecule has 3 rings (SSSR count). The van der Waals surface area contributed by atoms with Crippen molar-refractivity contribution in [2.45, 2.75) is 71.9 Å². The van der Waals surface area contributed by atoms with E-state index < -0.39 is 59.3 Å². The van der Waals surface area contributed by atoms with Gasteiger partial charge in [0.2, 0.25) is 11.8 Å². The van der Waals surface area contributed by atoms with Gasteiger partial charge in [0.15, 0.2) is 0 Å². The number of benzene rings is 2. The Morgan fingerprint density at radius 2 is 1.52 bits per heavy atom. The van der Waals surface area contributed by atoms with E-state index in [0.717, 1.165) is 11.1 Å². The second-order valence-electron chi connectivity index (χ2n) is 11.4. The van der Waals surface area contributed by atoms with Gasteiger partial charge in [0, 0.05) is 12.2 Å². The molecule has 0 aromatic heterocycles. The zero-order valence-electron chi connectivity index (χ0n) is 24.6. The molecule has 0 radical (unpaired) electrons. The molecule has 10 nitrogen and oxygen atoms in total. The first-order chi connectivity index (χ1) is 19.9. The van der Waals surface area contributed by atoms with Gasteiger partial charge in [0.1, 0.15) is 24.7 Å². The molecule has 2 aromatic rings. The summed E-state index contributed by atoms with van der Waals surface area (Å²) in [5.41, 5.74) is 0.841. The maximum Gasteiger partial charge on any atom is 0.408 e. The maximum absolute atomic E-state index is 13.8. The lowest BCUT2D eigenvalue weighted by Gasteiger charge is -2.35. The molecule has 0 spiro atoms. The molecular weight excluding hydrogens is 558 g/mol. The number of Topliss-reactive ketones (excluding diaryl/α,β-unsaturated/α-hetero) is 1. The zero-order valence-corrected chi connectivity index (χ0v) is 25.4. The summed E-state index contributed by atoms with van der Waals surface area (Å²) >= 11 is 1.38. The fraction of sp³-hybridized carbons (Fsp3) is 0.452. The lowest BCUT2D eigenvalue weighted by Crippen LogP contribution is -2.59. The summed E-state index contributed by atoms with van der Waals surface area (Å²) in [5, 5.41) is 5.37. The summed E-state index contributed by atoms with van der Waals surface area (Å²) in [5.74, 6) is -2.42. The first kappa shape index (κ1) is 32.7. The Balaban J connectivity index is 1.73. The number of ketones is 1. The van der Waals surface area contributed by atoms with Crippen molar-refractivity contribution in [3.63, 3.8) is 0 Å². The molecule has 3 amide bonds. The normalized spacial score (nSPS) is 16.3. The first-order valence-corrected chi connectivity index (χ1v) is 15.0. The van der Waals surface area contributed by atoms with Crippen LogP contribution in [0.25, 0.3) is 0 Å². The van der Waals surface area contributed by atoms with Crippen molar-refractivity contribution < 1.29 is 33.4 Å². The van der Waals surface area contributed by atoms with Crippen molar-refractivity contribution in [2.24, 2.45) is 5.41 Å². The number of carbonyl (C=O) groups excluding carboxylic acids is 5. The quantitative estimate of drug-likeness (QED) is 0.297. The van der Waals surface area contributed by atoms with Gasteiger partial charge in [-0.2, -0.15) is 0 Å². The number of esters is 1. The number of nitrogens with zero attached hydrogens (tertiary/aromatic N) is 1. The molecule has 3 atom stereocenters. The Kier molecular flexibility index (Phi) is 11.6. The largest absolute Gasteiger partial charge is 0.457 e. The van der Waals surface area contributed by atoms with E-state index >= 15 is 0 Å². The van der Waals surface area contributed by atoms with E-state index in [1.54, 1.807) is 58.9 Å². The number of hydrogen-bond donors (Lipinski definition) is 2. The van der Waals surface area contributed by atoms with Gasteiger partial charge in [-0.3, -0.25) is 14.4 Å². The van der Waals surface area contributed by atoms with Crippen molar-refractivity contribution in [1.29, 1.82) is 0 Å². The molecule has 1 fully saturated rings. The fourth-order valence-corrected chi connectivity index (χ4v) is 5.48. The second-order valence-corrected chi connectivity index (χ2v) is 12.4. The lowest BCUT2D eigenvalue weighted by molar-refractivity contribution is -0.158. The smallest absolute Gasteiger partial charge is 0.408 e. The lowest BCUT2D eigenvalue weighted by atomic mass is 9.85. The molecule has 1 aliphatic heterocycles. The highest BCUT2D eigenvalue weighted by Crippen LogP contribution is 2.27. The Hall–Kier alpha value is -3.86. The van der Waals surface area contributed by atoms with Crippen molar-refractivity contribution in [3.05, 3.63) is 71.8 Å². The van der Waals surface area contributed by atoms with E-state index in [1.807, 2.05) is 36.4 Å². The molecule has 1 aliphatic rings. The van der Waals surface area contributed by atoms with Crippen LogP contribution in [-0.2, 0) is 41.7 Å². The van der Waals surface area contributed by atoms with Crippen LogP contribution in [-0.4, -0.2) is 70.4 Å². The highest BCUT2D eigenvalue weighted by molar-refractivity contribution is 7.99. The van der Waals surface area contributed by atoms with Crippen LogP contribution in [0.5, 0.6) is 0 Å². The number of alkyl carbamates (subject to hydrolysis) is 1. The molecular formula is C31H39N3O7S. The van der Waals surface area contributed by atoms with Crippen molar-refractivity contribution in [1.82, 2.24) is 15.5 Å². The Labute approximate surface area is 250 Å². The maximum atomic E-state index is 13.8. The number of amides is 3. The van der Waals surface area contributed by atoms with Gasteiger partial charge in [0.05, 0.1) is 12.0 Å². The van der Waals surface area contributed by atoms with Crippen LogP contribution >= 0.6 is 11.8 Å². The van der Waals surface area contributed by atoms with Gasteiger partial charge in [-0.25, -0.2) is 9.59 Å². The third-order valence-electron chi connectivity index (χ3n) is 6.52. The predicted octanol–water partition coefficient (Wildman–Crippen LogP) is 3.48. The van der Waals surface area contributed by atoms with E-state index in [1.165, 1.54) is 16.7 Å². The molecule has 2 aromatic carbocycles. The summed E-state index contributed by atoms with van der Waals surface area (Å²) in [7, 11) is 0. The molecule has 0 bridgehead atoms. The number of rotatable bonds is 11. The first-order valence-electron chi connectivity index (χ1n) is 13.8. The van der Waals surface area contributed by atoms with E-state index in [2.05, 4.69) is 10.6 Å². The van der Waals surface area contributed by atoms with Crippen LogP contribution in [0.1, 0.15) is 45.7 Å². The van der Waals surface area contributed by atoms with Crippen LogP contribution < -0.4 is 10.6 Å². The second kappa shape index (κ2) is 14.9. The van der Waals surface area contributed by atoms with Gasteiger partial charge >= 0.3 is 12.1 Å². The third-order valence-corrected chi connectivity index (χ3v) is 7.53. The fourth-order valence-electron chi connectivity index (χ4n) is 4.32. The van der Waals surface area contributed by atoms with Crippen molar-refractivity contribution in [3.8, 4) is 0 Å². The van der Waals surface area contributed by atoms with E-state index in [-0.39, 0.29) is 24.7 Å². The summed E-state index contributed by atoms with van der Waals surface area (Å²) in [6.45, 7) is 8.72. The summed E-state index contributed by atoms with van der Waals surface area (Å²) in [6, 6.07) is 15.1. The molecule has 2 N–H and O–H groups in total. The predicted molar refractivity (Wildman–Crippen MR) is 159 cm³/mol. The van der Waals surface area contributed by atoms with Gasteiger partial charge in [-0.05, 0) is 30.4 Å². The third kappa shape index (κ3) is 9.34. The molecule has 0 saturated carbocycles. The minimum atomic E-state index is -1.18. The molecule has 1 heterocycles. The van der Waals surface area contributed by atoms with E-state index in [4.69, 9.17) is 9.47 Å². The average Bonchev–Trinajstić information content (AvgIpc) is 3.44. The van der Waals surface area contributed by atoms with Crippen LogP contribution in [0.2, 0.25) is 0 Å². The Morgan fingerprint density at radius 3 is 2.10 bits per heavy atom. The molecule has 0 aliphatic carbocycles. The number of hydrogen-bond acceptors (Lipinski definition) is 8. The van der Waals surface area contributed by atoms with Gasteiger partial charge in [-0.15, -0.1) is 11.8 Å². The standard InChI is InChI=1S/C31H39N3O7S/c1-20(2)41-29(38)25(35)23(16-21-12-8-6-9-13-21)32-27(36)24-18-42-19-34(24)28(37)26(31(3,4)5)33-30(39)40-17-22-14-10-7-11-15-22/h6-15,20,23-24,26H,16-19H2,1-5H3,(H,32,36)(H,33,39)/t23-,24-,26+/m0/s1. The SMILES string of the molecule is CC(C)OC(=O)C(=O)[C@H](Cc1ccccc1)NC(=O)[C@@H]1CSCN1C(=O)[C@@H](NC(=O)OCc1ccccc1)C(C)(C)C. The molecule has 0 unspecified atom stereocenters. The molecule has 42 heavy (non-hydrogen) atoms. The van der Waals surface area contributed by atoms with E-state index in [0.29, 0.717) is 0 Å². The molecule has 1 saturated heterocycles. The monoisotopic (exact) mass is 597 g/mol. The number of carbonyl (C=O) groups is 5. The Morgan fingerprint density at radius 1 is 0.929 bits per heavy atom. The summed E-state index contributed by atoms with van der Waals surface area (Å²) in [4.78, 5) is 66.9. The van der Waals surface area contributed by atoms with Gasteiger partial charge < -0.3 is 25.0 Å². The van der Waals surface area contributed by atoms with Crippen LogP contribution in [0.15, 0.2) is 60.7 Å². The highest BCUT2D eigenvalue weighted by Gasteiger charge is 2.43. The minimum Gasteiger partial charge on any atom is -0.457 e. The topological polar surface area (TPSA) is 131 Å². The highest BCUT2D eigenvalue weighted by atomic mass is 32.2. The van der Waals surface area contributed by atoms with Crippen molar-refractivity contribution in [2.75, 3.05) is 11.6 Å². The average molecular weight is 598 g/mol. The van der Waals surface area contributed by atoms with Crippen LogP contribution in [0, 0.1) is 5.41 Å². The zero-order chi connectivity index (χ0) is 30.9. The Bertz CT molecular complexity index is 1250. The van der Waals surface area contributed by atoms with Crippen LogP contribution in [0.3, 0.4) is 0 Å². The van der Waals surface area contributed by atoms with E-state index in [9.17, 15) is 24.0 Å². The van der Waals surface area contributed by atoms with Crippen LogP contribution in [0.4, 0.5) is 4.79 Å². The number of ether oxygens (including phenoxy) is 2. The number of thioether (sulfide) groups is 1. The summed E-state index contributed by atoms with van der Waals surface area (Å²) < 4.78 is 10.4. The van der Waals surface area contributed by atoms with Gasteiger partial charge in [0.25, 0.3) is 5.78 Å². The summed E-state index contributed by atoms with van der Waals surface area (Å²) in [6.07, 6.45) is -1.18. The van der Waals surface area contributed by atoms with Crippen molar-refractivity contribution >= 4 is 41.4 Å². The van der Waals surface area contributed by atoms with Gasteiger partial charge in [-0.1, -0.05) is 81.4 Å².